The number of methoxy groups -OCH3 is 1. The van der Waals surface area contributed by atoms with Crippen LogP contribution in [0.25, 0.3) is 16.2 Å². The van der Waals surface area contributed by atoms with Crippen LogP contribution in [0.4, 0.5) is 4.39 Å². The van der Waals surface area contributed by atoms with Crippen LogP contribution in [0, 0.1) is 5.82 Å². The summed E-state index contributed by atoms with van der Waals surface area (Å²) in [4.78, 5) is 28.4. The maximum absolute atomic E-state index is 13.0. The van der Waals surface area contributed by atoms with Crippen molar-refractivity contribution < 1.29 is 18.7 Å². The second kappa shape index (κ2) is 6.79. The van der Waals surface area contributed by atoms with E-state index in [-0.39, 0.29) is 30.7 Å². The van der Waals surface area contributed by atoms with Gasteiger partial charge in [0.2, 0.25) is 0 Å². The number of thiazole rings is 1. The SMILES string of the molecule is COC(=O)CCNC(=O)c1csc2nc(-c3ccc(F)cc3)cn12. The fourth-order valence-corrected chi connectivity index (χ4v) is 3.03. The lowest BCUT2D eigenvalue weighted by Gasteiger charge is -2.03. The van der Waals surface area contributed by atoms with Crippen LogP contribution in [0.15, 0.2) is 35.8 Å². The molecule has 1 N–H and O–H groups in total. The van der Waals surface area contributed by atoms with Crippen molar-refractivity contribution >= 4 is 28.2 Å². The van der Waals surface area contributed by atoms with Gasteiger partial charge < -0.3 is 10.1 Å². The van der Waals surface area contributed by atoms with Gasteiger partial charge in [0, 0.05) is 23.7 Å². The van der Waals surface area contributed by atoms with E-state index in [1.807, 2.05) is 0 Å². The van der Waals surface area contributed by atoms with E-state index in [1.54, 1.807) is 28.1 Å². The Morgan fingerprint density at radius 1 is 1.33 bits per heavy atom. The molecule has 3 rings (SSSR count). The highest BCUT2D eigenvalue weighted by atomic mass is 32.1. The molecule has 1 amide bonds. The van der Waals surface area contributed by atoms with Crippen molar-refractivity contribution in [2.75, 3.05) is 13.7 Å². The highest BCUT2D eigenvalue weighted by molar-refractivity contribution is 7.15. The molecule has 0 atom stereocenters. The average Bonchev–Trinajstić information content (AvgIpc) is 3.15. The van der Waals surface area contributed by atoms with E-state index in [0.29, 0.717) is 16.3 Å². The van der Waals surface area contributed by atoms with Gasteiger partial charge in [-0.25, -0.2) is 9.37 Å². The van der Waals surface area contributed by atoms with E-state index >= 15 is 0 Å². The molecule has 8 heteroatoms. The van der Waals surface area contributed by atoms with E-state index in [1.165, 1.54) is 30.6 Å². The van der Waals surface area contributed by atoms with Crippen molar-refractivity contribution in [2.24, 2.45) is 0 Å². The normalized spacial score (nSPS) is 10.8. The Hall–Kier alpha value is -2.74. The second-order valence-electron chi connectivity index (χ2n) is 4.99. The van der Waals surface area contributed by atoms with Gasteiger partial charge in [-0.1, -0.05) is 0 Å². The summed E-state index contributed by atoms with van der Waals surface area (Å²) >= 11 is 1.33. The first-order chi connectivity index (χ1) is 11.6. The molecule has 2 aromatic heterocycles. The van der Waals surface area contributed by atoms with Gasteiger partial charge in [0.05, 0.1) is 19.2 Å². The number of hydrogen-bond acceptors (Lipinski definition) is 5. The Kier molecular flexibility index (Phi) is 4.57. The molecule has 0 aliphatic rings. The summed E-state index contributed by atoms with van der Waals surface area (Å²) in [6, 6.07) is 6.00. The third-order valence-corrected chi connectivity index (χ3v) is 4.26. The largest absolute Gasteiger partial charge is 0.469 e. The molecular formula is C16H14FN3O3S. The highest BCUT2D eigenvalue weighted by Gasteiger charge is 2.15. The molecule has 2 heterocycles. The molecular weight excluding hydrogens is 333 g/mol. The molecule has 0 aliphatic heterocycles. The average molecular weight is 347 g/mol. The molecule has 0 fully saturated rings. The number of esters is 1. The van der Waals surface area contributed by atoms with Crippen LogP contribution in [-0.4, -0.2) is 34.9 Å². The molecule has 3 aromatic rings. The number of amides is 1. The van der Waals surface area contributed by atoms with Crippen molar-refractivity contribution in [2.45, 2.75) is 6.42 Å². The zero-order valence-electron chi connectivity index (χ0n) is 12.8. The summed E-state index contributed by atoms with van der Waals surface area (Å²) in [6.45, 7) is 0.197. The predicted molar refractivity (Wildman–Crippen MR) is 87.4 cm³/mol. The lowest BCUT2D eigenvalue weighted by Crippen LogP contribution is -2.27. The Labute approximate surface area is 140 Å². The summed E-state index contributed by atoms with van der Waals surface area (Å²) < 4.78 is 19.2. The Balaban J connectivity index is 1.78. The maximum Gasteiger partial charge on any atom is 0.307 e. The minimum absolute atomic E-state index is 0.111. The molecule has 24 heavy (non-hydrogen) atoms. The number of rotatable bonds is 5. The molecule has 0 unspecified atom stereocenters. The van der Waals surface area contributed by atoms with Crippen molar-refractivity contribution in [3.05, 3.63) is 47.4 Å². The number of benzene rings is 1. The van der Waals surface area contributed by atoms with Gasteiger partial charge in [0.1, 0.15) is 11.5 Å². The molecule has 0 aliphatic carbocycles. The van der Waals surface area contributed by atoms with Crippen LogP contribution in [0.2, 0.25) is 0 Å². The first kappa shape index (κ1) is 16.1. The minimum Gasteiger partial charge on any atom is -0.469 e. The smallest absolute Gasteiger partial charge is 0.307 e. The van der Waals surface area contributed by atoms with Gasteiger partial charge in [-0.15, -0.1) is 11.3 Å². The van der Waals surface area contributed by atoms with Crippen molar-refractivity contribution in [1.29, 1.82) is 0 Å². The van der Waals surface area contributed by atoms with Crippen LogP contribution in [0.1, 0.15) is 16.9 Å². The minimum atomic E-state index is -0.382. The second-order valence-corrected chi connectivity index (χ2v) is 5.83. The first-order valence-electron chi connectivity index (χ1n) is 7.16. The molecule has 0 bridgehead atoms. The Morgan fingerprint density at radius 3 is 2.79 bits per heavy atom. The Bertz CT molecular complexity index is 886. The number of halogens is 1. The predicted octanol–water partition coefficient (Wildman–Crippen LogP) is 2.49. The molecule has 6 nitrogen and oxygen atoms in total. The standard InChI is InChI=1S/C16H14FN3O3S/c1-23-14(21)6-7-18-15(22)13-9-24-16-19-12(8-20(13)16)10-2-4-11(17)5-3-10/h2-5,8-9H,6-7H2,1H3,(H,18,22). The van der Waals surface area contributed by atoms with E-state index < -0.39 is 0 Å². The number of carbonyl (C=O) groups excluding carboxylic acids is 2. The third-order valence-electron chi connectivity index (χ3n) is 3.42. The molecule has 0 spiro atoms. The fourth-order valence-electron chi connectivity index (χ4n) is 2.18. The quantitative estimate of drug-likeness (QED) is 0.720. The summed E-state index contributed by atoms with van der Waals surface area (Å²) in [5.41, 5.74) is 1.86. The summed E-state index contributed by atoms with van der Waals surface area (Å²) in [5.74, 6) is -0.995. The van der Waals surface area contributed by atoms with Crippen molar-refractivity contribution in [1.82, 2.24) is 14.7 Å². The van der Waals surface area contributed by atoms with Gasteiger partial charge in [-0.3, -0.25) is 14.0 Å². The molecule has 124 valence electrons. The van der Waals surface area contributed by atoms with Crippen molar-refractivity contribution in [3.8, 4) is 11.3 Å². The van der Waals surface area contributed by atoms with Crippen LogP contribution in [0.5, 0.6) is 0 Å². The van der Waals surface area contributed by atoms with Crippen LogP contribution >= 0.6 is 11.3 Å². The first-order valence-corrected chi connectivity index (χ1v) is 8.04. The van der Waals surface area contributed by atoms with Crippen molar-refractivity contribution in [3.63, 3.8) is 0 Å². The van der Waals surface area contributed by atoms with Crippen LogP contribution in [-0.2, 0) is 9.53 Å². The third kappa shape index (κ3) is 3.28. The number of hydrogen-bond donors (Lipinski definition) is 1. The van der Waals surface area contributed by atoms with Gasteiger partial charge >= 0.3 is 5.97 Å². The van der Waals surface area contributed by atoms with E-state index in [0.717, 1.165) is 5.56 Å². The summed E-state index contributed by atoms with van der Waals surface area (Å²) in [6.07, 6.45) is 1.84. The number of carbonyl (C=O) groups is 2. The zero-order chi connectivity index (χ0) is 17.1. The maximum atomic E-state index is 13.0. The molecule has 0 saturated carbocycles. The number of aromatic nitrogens is 2. The number of imidazole rings is 1. The van der Waals surface area contributed by atoms with Gasteiger partial charge in [0.15, 0.2) is 4.96 Å². The zero-order valence-corrected chi connectivity index (χ0v) is 13.6. The van der Waals surface area contributed by atoms with E-state index in [9.17, 15) is 14.0 Å². The molecule has 0 saturated heterocycles. The highest BCUT2D eigenvalue weighted by Crippen LogP contribution is 2.23. The van der Waals surface area contributed by atoms with E-state index in [4.69, 9.17) is 0 Å². The number of ether oxygens (including phenoxy) is 1. The monoisotopic (exact) mass is 347 g/mol. The fraction of sp³-hybridized carbons (Fsp3) is 0.188. The summed E-state index contributed by atoms with van der Waals surface area (Å²) in [7, 11) is 1.30. The van der Waals surface area contributed by atoms with E-state index in [2.05, 4.69) is 15.0 Å². The van der Waals surface area contributed by atoms with Crippen LogP contribution in [0.3, 0.4) is 0 Å². The molecule has 1 aromatic carbocycles. The molecule has 0 radical (unpaired) electrons. The lowest BCUT2D eigenvalue weighted by atomic mass is 10.2. The van der Waals surface area contributed by atoms with Crippen LogP contribution < -0.4 is 5.32 Å². The van der Waals surface area contributed by atoms with Gasteiger partial charge in [-0.05, 0) is 24.3 Å². The number of nitrogens with zero attached hydrogens (tertiary/aromatic N) is 2. The van der Waals surface area contributed by atoms with Gasteiger partial charge in [0.25, 0.3) is 5.91 Å². The van der Waals surface area contributed by atoms with Gasteiger partial charge in [-0.2, -0.15) is 0 Å². The number of fused-ring (bicyclic) bond motifs is 1. The topological polar surface area (TPSA) is 72.7 Å². The lowest BCUT2D eigenvalue weighted by molar-refractivity contribution is -0.140. The number of nitrogens with one attached hydrogen (secondary N) is 1. The summed E-state index contributed by atoms with van der Waals surface area (Å²) in [5, 5.41) is 4.37. The Morgan fingerprint density at radius 2 is 2.08 bits per heavy atom.